The number of aliphatic hydroxyl groups excluding tert-OH is 2. The van der Waals surface area contributed by atoms with Gasteiger partial charge in [0.15, 0.2) is 6.23 Å². The van der Waals surface area contributed by atoms with Gasteiger partial charge >= 0.3 is 0 Å². The highest BCUT2D eigenvalue weighted by Gasteiger charge is 2.52. The smallest absolute Gasteiger partial charge is 0.164 e. The number of hydrogen-bond donors (Lipinski definition) is 4. The molecule has 4 heterocycles. The van der Waals surface area contributed by atoms with Gasteiger partial charge in [0.2, 0.25) is 0 Å². The van der Waals surface area contributed by atoms with Crippen LogP contribution in [0.1, 0.15) is 13.2 Å². The quantitative estimate of drug-likeness (QED) is 0.368. The van der Waals surface area contributed by atoms with Crippen molar-refractivity contribution >= 4 is 33.6 Å². The Morgan fingerprint density at radius 1 is 1.22 bits per heavy atom. The molecule has 0 aliphatic carbocycles. The number of pyridine rings is 1. The Bertz CT molecular complexity index is 1290. The van der Waals surface area contributed by atoms with E-state index in [1.807, 2.05) is 37.4 Å². The lowest BCUT2D eigenvalue weighted by Crippen LogP contribution is -2.45. The summed E-state index contributed by atoms with van der Waals surface area (Å²) in [6, 6.07) is 11.2. The summed E-state index contributed by atoms with van der Waals surface area (Å²) in [6.45, 7) is 1.73. The summed E-state index contributed by atoms with van der Waals surface area (Å²) in [4.78, 5) is 12.7. The van der Waals surface area contributed by atoms with E-state index in [4.69, 9.17) is 15.2 Å². The maximum absolute atomic E-state index is 10.8. The van der Waals surface area contributed by atoms with E-state index in [-0.39, 0.29) is 6.61 Å². The molecule has 10 nitrogen and oxygen atoms in total. The zero-order chi connectivity index (χ0) is 22.5. The standard InChI is InChI=1S/C22H24N6O4/c1-22(10-31-13-5-3-12-4-6-16(24-2)27-15(12)9-13)18(30)17(29)21(32-22)28-8-7-14-19(23)25-11-26-20(14)28/h3-9,11,17-18,21,29-30H,10H2,1-2H3,(H,24,27)(H2,23,25,26)/t17-,18+,21-,22-/m1/s1. The van der Waals surface area contributed by atoms with Gasteiger partial charge in [-0.3, -0.25) is 0 Å². The fourth-order valence-corrected chi connectivity index (χ4v) is 4.02. The number of ether oxygens (including phenoxy) is 2. The number of hydrogen-bond acceptors (Lipinski definition) is 9. The zero-order valence-electron chi connectivity index (χ0n) is 17.6. The van der Waals surface area contributed by atoms with Crippen molar-refractivity contribution in [2.45, 2.75) is 31.0 Å². The number of nitrogens with zero attached hydrogens (tertiary/aromatic N) is 4. The highest BCUT2D eigenvalue weighted by Crippen LogP contribution is 2.39. The lowest BCUT2D eigenvalue weighted by Gasteiger charge is -2.27. The van der Waals surface area contributed by atoms with Crippen molar-refractivity contribution in [2.24, 2.45) is 0 Å². The van der Waals surface area contributed by atoms with Gasteiger partial charge in [-0.25, -0.2) is 15.0 Å². The number of anilines is 2. The molecular formula is C22H24N6O4. The molecule has 166 valence electrons. The molecule has 5 rings (SSSR count). The van der Waals surface area contributed by atoms with Crippen LogP contribution in [0.2, 0.25) is 0 Å². The molecule has 4 atom stereocenters. The van der Waals surface area contributed by atoms with Crippen molar-refractivity contribution in [3.8, 4) is 5.75 Å². The maximum Gasteiger partial charge on any atom is 0.164 e. The number of aliphatic hydroxyl groups is 2. The zero-order valence-corrected chi connectivity index (χ0v) is 17.6. The molecule has 1 saturated heterocycles. The Morgan fingerprint density at radius 3 is 2.84 bits per heavy atom. The van der Waals surface area contributed by atoms with Gasteiger partial charge < -0.3 is 35.3 Å². The highest BCUT2D eigenvalue weighted by atomic mass is 16.6. The molecule has 10 heteroatoms. The summed E-state index contributed by atoms with van der Waals surface area (Å²) >= 11 is 0. The van der Waals surface area contributed by atoms with Gasteiger partial charge in [0, 0.05) is 24.7 Å². The largest absolute Gasteiger partial charge is 0.490 e. The van der Waals surface area contributed by atoms with Gasteiger partial charge in [0.25, 0.3) is 0 Å². The van der Waals surface area contributed by atoms with Gasteiger partial charge in [-0.1, -0.05) is 0 Å². The molecule has 0 bridgehead atoms. The second kappa shape index (κ2) is 7.59. The minimum Gasteiger partial charge on any atom is -0.490 e. The predicted molar refractivity (Wildman–Crippen MR) is 119 cm³/mol. The number of aromatic nitrogens is 4. The normalized spacial score (nSPS) is 25.4. The molecular weight excluding hydrogens is 412 g/mol. The van der Waals surface area contributed by atoms with Crippen LogP contribution in [0.15, 0.2) is 48.9 Å². The van der Waals surface area contributed by atoms with E-state index >= 15 is 0 Å². The van der Waals surface area contributed by atoms with Crippen LogP contribution in [0.4, 0.5) is 11.6 Å². The molecule has 0 amide bonds. The number of nitrogens with two attached hydrogens (primary N) is 1. The first-order chi connectivity index (χ1) is 15.4. The molecule has 0 spiro atoms. The van der Waals surface area contributed by atoms with Crippen LogP contribution >= 0.6 is 0 Å². The van der Waals surface area contributed by atoms with Gasteiger partial charge in [-0.05, 0) is 37.3 Å². The summed E-state index contributed by atoms with van der Waals surface area (Å²) in [5, 5.41) is 26.2. The third kappa shape index (κ3) is 3.29. The van der Waals surface area contributed by atoms with Crippen molar-refractivity contribution < 1.29 is 19.7 Å². The third-order valence-electron chi connectivity index (χ3n) is 5.89. The molecule has 0 radical (unpaired) electrons. The summed E-state index contributed by atoms with van der Waals surface area (Å²) in [7, 11) is 1.81. The summed E-state index contributed by atoms with van der Waals surface area (Å²) in [6.07, 6.45) is -0.175. The molecule has 4 aromatic rings. The van der Waals surface area contributed by atoms with E-state index in [0.29, 0.717) is 22.6 Å². The minimum absolute atomic E-state index is 0.0231. The SMILES string of the molecule is CNc1ccc2ccc(OC[C@@]3(C)O[C@@H](n4ccc5c(N)ncnc54)[C@H](O)[C@@H]3O)cc2n1. The van der Waals surface area contributed by atoms with Gasteiger partial charge in [-0.15, -0.1) is 0 Å². The van der Waals surface area contributed by atoms with Crippen LogP contribution in [0, 0.1) is 0 Å². The summed E-state index contributed by atoms with van der Waals surface area (Å²) < 4.78 is 13.7. The molecule has 1 fully saturated rings. The van der Waals surface area contributed by atoms with Crippen LogP contribution in [-0.4, -0.2) is 61.2 Å². The fourth-order valence-electron chi connectivity index (χ4n) is 4.02. The molecule has 0 unspecified atom stereocenters. The number of nitrogens with one attached hydrogen (secondary N) is 1. The monoisotopic (exact) mass is 436 g/mol. The van der Waals surface area contributed by atoms with E-state index in [1.165, 1.54) is 6.33 Å². The number of fused-ring (bicyclic) bond motifs is 2. The summed E-state index contributed by atoms with van der Waals surface area (Å²) in [5.41, 5.74) is 6.04. The fraction of sp³-hybridized carbons (Fsp3) is 0.318. The van der Waals surface area contributed by atoms with E-state index < -0.39 is 24.0 Å². The molecule has 1 aliphatic rings. The third-order valence-corrected chi connectivity index (χ3v) is 5.89. The molecule has 3 aromatic heterocycles. The lowest BCUT2D eigenvalue weighted by atomic mass is 9.98. The van der Waals surface area contributed by atoms with Gasteiger partial charge in [-0.2, -0.15) is 0 Å². The van der Waals surface area contributed by atoms with Crippen molar-refractivity contribution in [1.82, 2.24) is 19.5 Å². The molecule has 1 aliphatic heterocycles. The minimum atomic E-state index is -1.19. The van der Waals surface area contributed by atoms with Crippen LogP contribution in [-0.2, 0) is 4.74 Å². The van der Waals surface area contributed by atoms with Crippen LogP contribution in [0.3, 0.4) is 0 Å². The van der Waals surface area contributed by atoms with Gasteiger partial charge in [0.05, 0.1) is 10.9 Å². The molecule has 32 heavy (non-hydrogen) atoms. The highest BCUT2D eigenvalue weighted by molar-refractivity contribution is 5.86. The molecule has 1 aromatic carbocycles. The van der Waals surface area contributed by atoms with E-state index in [1.54, 1.807) is 23.8 Å². The molecule has 5 N–H and O–H groups in total. The van der Waals surface area contributed by atoms with Crippen molar-refractivity contribution in [2.75, 3.05) is 24.7 Å². The number of rotatable bonds is 5. The first-order valence-corrected chi connectivity index (χ1v) is 10.2. The Morgan fingerprint density at radius 2 is 2.03 bits per heavy atom. The van der Waals surface area contributed by atoms with Crippen molar-refractivity contribution in [1.29, 1.82) is 0 Å². The second-order valence-electron chi connectivity index (χ2n) is 8.07. The maximum atomic E-state index is 10.8. The van der Waals surface area contributed by atoms with E-state index in [9.17, 15) is 10.2 Å². The van der Waals surface area contributed by atoms with Crippen LogP contribution < -0.4 is 15.8 Å². The second-order valence-corrected chi connectivity index (χ2v) is 8.07. The number of nitrogen functional groups attached to an aromatic ring is 1. The average Bonchev–Trinajstić information content (AvgIpc) is 3.33. The van der Waals surface area contributed by atoms with Crippen LogP contribution in [0.5, 0.6) is 5.75 Å². The lowest BCUT2D eigenvalue weighted by molar-refractivity contribution is -0.110. The topological polar surface area (TPSA) is 141 Å². The Balaban J connectivity index is 1.38. The van der Waals surface area contributed by atoms with Gasteiger partial charge in [0.1, 0.15) is 53.8 Å². The van der Waals surface area contributed by atoms with Crippen LogP contribution in [0.25, 0.3) is 21.9 Å². The Kier molecular flexibility index (Phi) is 4.85. The summed E-state index contributed by atoms with van der Waals surface area (Å²) in [5.74, 6) is 1.67. The van der Waals surface area contributed by atoms with E-state index in [0.717, 1.165) is 16.7 Å². The molecule has 0 saturated carbocycles. The van der Waals surface area contributed by atoms with E-state index in [2.05, 4.69) is 20.3 Å². The first-order valence-electron chi connectivity index (χ1n) is 10.2. The van der Waals surface area contributed by atoms with Crippen molar-refractivity contribution in [3.63, 3.8) is 0 Å². The van der Waals surface area contributed by atoms with Crippen molar-refractivity contribution in [3.05, 3.63) is 48.9 Å². The Labute approximate surface area is 183 Å². The average molecular weight is 436 g/mol. The number of benzene rings is 1. The predicted octanol–water partition coefficient (Wildman–Crippen LogP) is 1.69. The Hall–Kier alpha value is -3.47. The first kappa shape index (κ1) is 20.4.